The number of halogens is 1. The Morgan fingerprint density at radius 3 is 2.77 bits per heavy atom. The minimum absolute atomic E-state index is 0.166. The number of nitrogens with two attached hydrogens (primary N) is 1. The van der Waals surface area contributed by atoms with Gasteiger partial charge in [0.15, 0.2) is 5.82 Å². The van der Waals surface area contributed by atoms with Crippen LogP contribution in [0.1, 0.15) is 5.69 Å². The van der Waals surface area contributed by atoms with Gasteiger partial charge in [-0.3, -0.25) is 0 Å². The van der Waals surface area contributed by atoms with Crippen LogP contribution in [0.4, 0.5) is 4.39 Å². The molecule has 0 spiro atoms. The second kappa shape index (κ2) is 3.18. The summed E-state index contributed by atoms with van der Waals surface area (Å²) in [5, 5.41) is 0.644. The number of aromatic nitrogens is 1. The number of nitrogens with one attached hydrogen (secondary N) is 1. The molecule has 68 valence electrons. The van der Waals surface area contributed by atoms with Crippen LogP contribution in [0, 0.1) is 5.82 Å². The Bertz CT molecular complexity index is 420. The fourth-order valence-corrected chi connectivity index (χ4v) is 1.48. The number of hydrogen-bond donors (Lipinski definition) is 2. The number of benzene rings is 1. The third-order valence-electron chi connectivity index (χ3n) is 2.11. The topological polar surface area (TPSA) is 41.8 Å². The Balaban J connectivity index is 2.60. The molecule has 3 N–H and O–H groups in total. The Morgan fingerprint density at radius 1 is 1.31 bits per heavy atom. The molecule has 0 saturated heterocycles. The first kappa shape index (κ1) is 8.26. The molecule has 0 saturated carbocycles. The lowest BCUT2D eigenvalue weighted by molar-refractivity contribution is 0.618. The van der Waals surface area contributed by atoms with Crippen molar-refractivity contribution in [3.63, 3.8) is 0 Å². The van der Waals surface area contributed by atoms with E-state index in [-0.39, 0.29) is 5.82 Å². The molecule has 0 bridgehead atoms. The summed E-state index contributed by atoms with van der Waals surface area (Å²) in [5.74, 6) is -0.166. The van der Waals surface area contributed by atoms with Gasteiger partial charge in [0.1, 0.15) is 0 Å². The van der Waals surface area contributed by atoms with Crippen molar-refractivity contribution >= 4 is 10.9 Å². The third-order valence-corrected chi connectivity index (χ3v) is 2.11. The van der Waals surface area contributed by atoms with E-state index in [1.165, 1.54) is 0 Å². The molecule has 0 fully saturated rings. The van der Waals surface area contributed by atoms with Gasteiger partial charge in [-0.15, -0.1) is 0 Å². The van der Waals surface area contributed by atoms with Gasteiger partial charge in [-0.2, -0.15) is 0 Å². The van der Waals surface area contributed by atoms with E-state index in [0.29, 0.717) is 24.0 Å². The highest BCUT2D eigenvalue weighted by atomic mass is 19.1. The molecule has 0 aliphatic heterocycles. The Morgan fingerprint density at radius 2 is 2.08 bits per heavy atom. The van der Waals surface area contributed by atoms with Gasteiger partial charge in [0.25, 0.3) is 0 Å². The number of fused-ring (bicyclic) bond motifs is 1. The summed E-state index contributed by atoms with van der Waals surface area (Å²) >= 11 is 0. The molecule has 2 rings (SSSR count). The average molecular weight is 178 g/mol. The molecule has 13 heavy (non-hydrogen) atoms. The van der Waals surface area contributed by atoms with Gasteiger partial charge >= 0.3 is 0 Å². The van der Waals surface area contributed by atoms with E-state index in [1.54, 1.807) is 6.07 Å². The van der Waals surface area contributed by atoms with Crippen LogP contribution in [-0.2, 0) is 6.42 Å². The molecule has 2 nitrogen and oxygen atoms in total. The maximum absolute atomic E-state index is 13.5. The molecule has 1 heterocycles. The summed E-state index contributed by atoms with van der Waals surface area (Å²) in [6.07, 6.45) is 0.556. The standard InChI is InChI=1S/C10H11FN2/c11-10-7-3-1-2-4-8(7)13-9(10)5-6-12/h1-4,13H,5-6,12H2. The van der Waals surface area contributed by atoms with Gasteiger partial charge in [-0.1, -0.05) is 12.1 Å². The first-order valence-corrected chi connectivity index (χ1v) is 4.28. The van der Waals surface area contributed by atoms with Crippen LogP contribution in [-0.4, -0.2) is 11.5 Å². The molecule has 1 aromatic carbocycles. The normalized spacial score (nSPS) is 10.9. The van der Waals surface area contributed by atoms with Crippen LogP contribution >= 0.6 is 0 Å². The van der Waals surface area contributed by atoms with E-state index in [0.717, 1.165) is 5.52 Å². The number of H-pyrrole nitrogens is 1. The largest absolute Gasteiger partial charge is 0.356 e. The van der Waals surface area contributed by atoms with Crippen LogP contribution in [0.2, 0.25) is 0 Å². The first-order chi connectivity index (χ1) is 6.33. The van der Waals surface area contributed by atoms with Crippen LogP contribution in [0.15, 0.2) is 24.3 Å². The van der Waals surface area contributed by atoms with E-state index in [4.69, 9.17) is 5.73 Å². The lowest BCUT2D eigenvalue weighted by Crippen LogP contribution is -2.03. The van der Waals surface area contributed by atoms with Crippen molar-refractivity contribution in [3.05, 3.63) is 35.8 Å². The van der Waals surface area contributed by atoms with Crippen molar-refractivity contribution in [1.29, 1.82) is 0 Å². The molecule has 1 aromatic heterocycles. The molecular weight excluding hydrogens is 167 g/mol. The highest BCUT2D eigenvalue weighted by molar-refractivity contribution is 5.81. The number of para-hydroxylation sites is 1. The minimum atomic E-state index is -0.166. The summed E-state index contributed by atoms with van der Waals surface area (Å²) in [6, 6.07) is 7.33. The Hall–Kier alpha value is -1.35. The van der Waals surface area contributed by atoms with Crippen LogP contribution in [0.3, 0.4) is 0 Å². The summed E-state index contributed by atoms with van der Waals surface area (Å²) in [7, 11) is 0. The molecule has 0 aliphatic carbocycles. The van der Waals surface area contributed by atoms with Crippen molar-refractivity contribution in [2.75, 3.05) is 6.54 Å². The van der Waals surface area contributed by atoms with Gasteiger partial charge < -0.3 is 10.7 Å². The van der Waals surface area contributed by atoms with Gasteiger partial charge in [-0.05, 0) is 18.7 Å². The maximum atomic E-state index is 13.5. The molecule has 0 radical (unpaired) electrons. The molecule has 0 atom stereocenters. The zero-order chi connectivity index (χ0) is 9.26. The molecule has 0 unspecified atom stereocenters. The van der Waals surface area contributed by atoms with E-state index in [9.17, 15) is 4.39 Å². The number of hydrogen-bond acceptors (Lipinski definition) is 1. The summed E-state index contributed by atoms with van der Waals surface area (Å²) in [5.41, 5.74) is 6.80. The van der Waals surface area contributed by atoms with Crippen LogP contribution in [0.25, 0.3) is 10.9 Å². The predicted molar refractivity (Wildman–Crippen MR) is 51.0 cm³/mol. The Kier molecular flexibility index (Phi) is 2.02. The smallest absolute Gasteiger partial charge is 0.151 e. The van der Waals surface area contributed by atoms with Crippen molar-refractivity contribution in [3.8, 4) is 0 Å². The lowest BCUT2D eigenvalue weighted by atomic mass is 10.2. The average Bonchev–Trinajstić information content (AvgIpc) is 2.46. The van der Waals surface area contributed by atoms with Crippen LogP contribution < -0.4 is 5.73 Å². The Labute approximate surface area is 75.6 Å². The van der Waals surface area contributed by atoms with Gasteiger partial charge in [-0.25, -0.2) is 4.39 Å². The van der Waals surface area contributed by atoms with Crippen molar-refractivity contribution in [1.82, 2.24) is 4.98 Å². The number of aromatic amines is 1. The second-order valence-electron chi connectivity index (χ2n) is 3.00. The zero-order valence-electron chi connectivity index (χ0n) is 7.18. The predicted octanol–water partition coefficient (Wildman–Crippen LogP) is 1.81. The fraction of sp³-hybridized carbons (Fsp3) is 0.200. The molecule has 3 heteroatoms. The van der Waals surface area contributed by atoms with Crippen molar-refractivity contribution in [2.24, 2.45) is 5.73 Å². The lowest BCUT2D eigenvalue weighted by Gasteiger charge is -1.91. The quantitative estimate of drug-likeness (QED) is 0.723. The molecule has 2 aromatic rings. The number of rotatable bonds is 2. The highest BCUT2D eigenvalue weighted by Crippen LogP contribution is 2.20. The van der Waals surface area contributed by atoms with E-state index >= 15 is 0 Å². The molecular formula is C10H11FN2. The van der Waals surface area contributed by atoms with Crippen LogP contribution in [0.5, 0.6) is 0 Å². The fourth-order valence-electron chi connectivity index (χ4n) is 1.48. The highest BCUT2D eigenvalue weighted by Gasteiger charge is 2.08. The molecule has 0 amide bonds. The second-order valence-corrected chi connectivity index (χ2v) is 3.00. The van der Waals surface area contributed by atoms with Crippen molar-refractivity contribution in [2.45, 2.75) is 6.42 Å². The first-order valence-electron chi connectivity index (χ1n) is 4.28. The minimum Gasteiger partial charge on any atom is -0.356 e. The summed E-state index contributed by atoms with van der Waals surface area (Å²) < 4.78 is 13.5. The zero-order valence-corrected chi connectivity index (χ0v) is 7.18. The van der Waals surface area contributed by atoms with E-state index in [2.05, 4.69) is 4.98 Å². The van der Waals surface area contributed by atoms with Gasteiger partial charge in [0, 0.05) is 17.3 Å². The van der Waals surface area contributed by atoms with Gasteiger partial charge in [0.05, 0.1) is 5.69 Å². The van der Waals surface area contributed by atoms with E-state index in [1.807, 2.05) is 18.2 Å². The van der Waals surface area contributed by atoms with E-state index < -0.39 is 0 Å². The van der Waals surface area contributed by atoms with Crippen molar-refractivity contribution < 1.29 is 4.39 Å². The van der Waals surface area contributed by atoms with Gasteiger partial charge in [0.2, 0.25) is 0 Å². The summed E-state index contributed by atoms with van der Waals surface area (Å²) in [4.78, 5) is 3.01. The third kappa shape index (κ3) is 1.31. The monoisotopic (exact) mass is 178 g/mol. The summed E-state index contributed by atoms with van der Waals surface area (Å²) in [6.45, 7) is 0.462. The SMILES string of the molecule is NCCc1[nH]c2ccccc2c1F. The maximum Gasteiger partial charge on any atom is 0.151 e. The molecule has 0 aliphatic rings.